The molecule has 5 heteroatoms. The molecule has 0 aliphatic carbocycles. The van der Waals surface area contributed by atoms with Crippen molar-refractivity contribution in [1.82, 2.24) is 4.57 Å². The molecule has 0 radical (unpaired) electrons. The molecule has 104 valence electrons. The first-order chi connectivity index (χ1) is 9.66. The van der Waals surface area contributed by atoms with Crippen LogP contribution in [0, 0.1) is 0 Å². The van der Waals surface area contributed by atoms with Gasteiger partial charge in [0, 0.05) is 26.3 Å². The third-order valence-corrected chi connectivity index (χ3v) is 3.71. The summed E-state index contributed by atoms with van der Waals surface area (Å²) >= 11 is 5.98. The summed E-state index contributed by atoms with van der Waals surface area (Å²) in [5.74, 6) is -0.0180. The molecule has 2 aromatic rings. The predicted molar refractivity (Wildman–Crippen MR) is 81.6 cm³/mol. The number of fused-ring (bicyclic) bond motifs is 1. The molecule has 20 heavy (non-hydrogen) atoms. The number of aromatic nitrogens is 1. The van der Waals surface area contributed by atoms with E-state index in [1.807, 2.05) is 36.2 Å². The number of halogens is 1. The molecular formula is C15H16ClN3O. The highest BCUT2D eigenvalue weighted by Crippen LogP contribution is 2.29. The number of amides is 1. The zero-order valence-electron chi connectivity index (χ0n) is 11.3. The molecule has 0 unspecified atom stereocenters. The van der Waals surface area contributed by atoms with E-state index in [9.17, 15) is 4.79 Å². The topological polar surface area (TPSA) is 37.3 Å². The standard InChI is InChI=1S/C15H16ClN3O/c1-18-10-11(16)9-14(18)15(20)19-8-4-7-17-12-5-2-3-6-13(12)19/h2-3,5-6,9-10,17H,4,7-8H2,1H3. The molecule has 1 amide bonds. The first-order valence-corrected chi connectivity index (χ1v) is 7.01. The third-order valence-electron chi connectivity index (χ3n) is 3.50. The van der Waals surface area contributed by atoms with E-state index in [0.717, 1.165) is 24.3 Å². The highest BCUT2D eigenvalue weighted by Gasteiger charge is 2.24. The van der Waals surface area contributed by atoms with Gasteiger partial charge in [0.15, 0.2) is 0 Å². The van der Waals surface area contributed by atoms with E-state index in [2.05, 4.69) is 5.32 Å². The number of para-hydroxylation sites is 2. The van der Waals surface area contributed by atoms with Gasteiger partial charge in [-0.05, 0) is 24.6 Å². The quantitative estimate of drug-likeness (QED) is 0.876. The molecule has 0 saturated heterocycles. The Balaban J connectivity index is 2.01. The first kappa shape index (κ1) is 13.1. The minimum absolute atomic E-state index is 0.0180. The number of nitrogens with zero attached hydrogens (tertiary/aromatic N) is 2. The van der Waals surface area contributed by atoms with Crippen molar-refractivity contribution in [3.05, 3.63) is 47.2 Å². The van der Waals surface area contributed by atoms with Crippen molar-refractivity contribution in [3.63, 3.8) is 0 Å². The summed E-state index contributed by atoms with van der Waals surface area (Å²) in [5, 5.41) is 3.94. The van der Waals surface area contributed by atoms with Gasteiger partial charge in [0.1, 0.15) is 5.69 Å². The molecule has 0 saturated carbocycles. The maximum absolute atomic E-state index is 12.8. The van der Waals surface area contributed by atoms with Gasteiger partial charge in [-0.1, -0.05) is 23.7 Å². The summed E-state index contributed by atoms with van der Waals surface area (Å²) in [6.07, 6.45) is 2.66. The summed E-state index contributed by atoms with van der Waals surface area (Å²) in [4.78, 5) is 14.6. The number of hydrogen-bond acceptors (Lipinski definition) is 2. The van der Waals surface area contributed by atoms with Gasteiger partial charge in [0.05, 0.1) is 16.4 Å². The van der Waals surface area contributed by atoms with E-state index in [1.54, 1.807) is 16.8 Å². The number of anilines is 2. The van der Waals surface area contributed by atoms with Crippen LogP contribution >= 0.6 is 11.6 Å². The first-order valence-electron chi connectivity index (χ1n) is 6.63. The lowest BCUT2D eigenvalue weighted by molar-refractivity contribution is 0.0979. The lowest BCUT2D eigenvalue weighted by Gasteiger charge is -2.22. The number of benzene rings is 1. The van der Waals surface area contributed by atoms with Gasteiger partial charge in [-0.3, -0.25) is 4.79 Å². The van der Waals surface area contributed by atoms with Crippen LogP contribution in [-0.4, -0.2) is 23.6 Å². The Morgan fingerprint density at radius 1 is 1.35 bits per heavy atom. The average Bonchev–Trinajstić information content (AvgIpc) is 2.66. The van der Waals surface area contributed by atoms with Crippen LogP contribution in [0.25, 0.3) is 0 Å². The number of rotatable bonds is 1. The summed E-state index contributed by atoms with van der Waals surface area (Å²) < 4.78 is 1.77. The fraction of sp³-hybridized carbons (Fsp3) is 0.267. The Hall–Kier alpha value is -1.94. The Bertz CT molecular complexity index is 650. The lowest BCUT2D eigenvalue weighted by Crippen LogP contribution is -2.32. The number of nitrogens with one attached hydrogen (secondary N) is 1. The van der Waals surface area contributed by atoms with Gasteiger partial charge < -0.3 is 14.8 Å². The van der Waals surface area contributed by atoms with E-state index in [0.29, 0.717) is 17.3 Å². The molecule has 0 spiro atoms. The predicted octanol–water partition coefficient (Wildman–Crippen LogP) is 3.14. The van der Waals surface area contributed by atoms with Crippen LogP contribution in [-0.2, 0) is 7.05 Å². The highest BCUT2D eigenvalue weighted by molar-refractivity contribution is 6.31. The molecule has 1 aromatic heterocycles. The van der Waals surface area contributed by atoms with Gasteiger partial charge in [0.25, 0.3) is 5.91 Å². The second-order valence-corrected chi connectivity index (χ2v) is 5.35. The summed E-state index contributed by atoms with van der Waals surface area (Å²) in [7, 11) is 1.83. The number of aryl methyl sites for hydroxylation is 1. The van der Waals surface area contributed by atoms with Gasteiger partial charge in [-0.25, -0.2) is 0 Å². The molecule has 2 heterocycles. The van der Waals surface area contributed by atoms with Crippen LogP contribution in [0.4, 0.5) is 11.4 Å². The molecule has 4 nitrogen and oxygen atoms in total. The van der Waals surface area contributed by atoms with Crippen molar-refractivity contribution in [2.75, 3.05) is 23.3 Å². The molecule has 1 N–H and O–H groups in total. The van der Waals surface area contributed by atoms with E-state index in [4.69, 9.17) is 11.6 Å². The van der Waals surface area contributed by atoms with Crippen LogP contribution < -0.4 is 10.2 Å². The van der Waals surface area contributed by atoms with Crippen LogP contribution in [0.1, 0.15) is 16.9 Å². The van der Waals surface area contributed by atoms with E-state index in [-0.39, 0.29) is 5.91 Å². The maximum Gasteiger partial charge on any atom is 0.274 e. The second kappa shape index (κ2) is 5.21. The van der Waals surface area contributed by atoms with Crippen LogP contribution in [0.15, 0.2) is 36.5 Å². The summed E-state index contributed by atoms with van der Waals surface area (Å²) in [5.41, 5.74) is 2.53. The largest absolute Gasteiger partial charge is 0.383 e. The van der Waals surface area contributed by atoms with Crippen LogP contribution in [0.2, 0.25) is 5.02 Å². The van der Waals surface area contributed by atoms with Crippen molar-refractivity contribution >= 4 is 28.9 Å². The number of carbonyl (C=O) groups excluding carboxylic acids is 1. The van der Waals surface area contributed by atoms with Crippen molar-refractivity contribution in [3.8, 4) is 0 Å². The molecule has 0 atom stereocenters. The van der Waals surface area contributed by atoms with E-state index < -0.39 is 0 Å². The Morgan fingerprint density at radius 3 is 2.90 bits per heavy atom. The van der Waals surface area contributed by atoms with Crippen LogP contribution in [0.5, 0.6) is 0 Å². The van der Waals surface area contributed by atoms with Crippen LogP contribution in [0.3, 0.4) is 0 Å². The molecule has 1 aliphatic heterocycles. The normalized spacial score (nSPS) is 14.4. The van der Waals surface area contributed by atoms with Crippen molar-refractivity contribution < 1.29 is 4.79 Å². The molecule has 1 aliphatic rings. The SMILES string of the molecule is Cn1cc(Cl)cc1C(=O)N1CCCNc2ccccc21. The van der Waals surface area contributed by atoms with Gasteiger partial charge in [-0.2, -0.15) is 0 Å². The molecule has 0 fully saturated rings. The maximum atomic E-state index is 12.8. The fourth-order valence-electron chi connectivity index (χ4n) is 2.53. The Morgan fingerprint density at radius 2 is 2.15 bits per heavy atom. The third kappa shape index (κ3) is 2.27. The minimum atomic E-state index is -0.0180. The monoisotopic (exact) mass is 289 g/mol. The fourth-order valence-corrected chi connectivity index (χ4v) is 2.77. The molecular weight excluding hydrogens is 274 g/mol. The smallest absolute Gasteiger partial charge is 0.274 e. The molecule has 3 rings (SSSR count). The molecule has 0 bridgehead atoms. The average molecular weight is 290 g/mol. The van der Waals surface area contributed by atoms with Gasteiger partial charge in [-0.15, -0.1) is 0 Å². The van der Waals surface area contributed by atoms with Crippen molar-refractivity contribution in [2.45, 2.75) is 6.42 Å². The van der Waals surface area contributed by atoms with Gasteiger partial charge in [0.2, 0.25) is 0 Å². The van der Waals surface area contributed by atoms with E-state index in [1.165, 1.54) is 0 Å². The summed E-state index contributed by atoms with van der Waals surface area (Å²) in [6, 6.07) is 9.60. The summed E-state index contributed by atoms with van der Waals surface area (Å²) in [6.45, 7) is 1.57. The second-order valence-electron chi connectivity index (χ2n) is 4.91. The number of carbonyl (C=O) groups is 1. The zero-order valence-corrected chi connectivity index (χ0v) is 12.0. The Labute approximate surface area is 123 Å². The lowest BCUT2D eigenvalue weighted by atomic mass is 10.2. The minimum Gasteiger partial charge on any atom is -0.383 e. The highest BCUT2D eigenvalue weighted by atomic mass is 35.5. The van der Waals surface area contributed by atoms with Crippen molar-refractivity contribution in [1.29, 1.82) is 0 Å². The van der Waals surface area contributed by atoms with E-state index >= 15 is 0 Å². The molecule has 1 aromatic carbocycles. The van der Waals surface area contributed by atoms with Gasteiger partial charge >= 0.3 is 0 Å². The Kier molecular flexibility index (Phi) is 3.40. The zero-order chi connectivity index (χ0) is 14.1. The number of hydrogen-bond donors (Lipinski definition) is 1. The van der Waals surface area contributed by atoms with Crippen molar-refractivity contribution in [2.24, 2.45) is 7.05 Å².